The molecular weight excluding hydrogens is 174 g/mol. The highest BCUT2D eigenvalue weighted by atomic mass is 16.5. The van der Waals surface area contributed by atoms with E-state index in [1.165, 1.54) is 5.56 Å². The third-order valence-electron chi connectivity index (χ3n) is 2.85. The Kier molecular flexibility index (Phi) is 2.13. The summed E-state index contributed by atoms with van der Waals surface area (Å²) in [6.45, 7) is 7.08. The molecule has 1 aromatic carbocycles. The van der Waals surface area contributed by atoms with E-state index >= 15 is 0 Å². The number of benzene rings is 1. The van der Waals surface area contributed by atoms with Crippen molar-refractivity contribution in [1.82, 2.24) is 5.32 Å². The van der Waals surface area contributed by atoms with Crippen LogP contribution in [-0.2, 0) is 10.5 Å². The average Bonchev–Trinajstić information content (AvgIpc) is 2.72. The quantitative estimate of drug-likeness (QED) is 0.743. The van der Waals surface area contributed by atoms with Crippen LogP contribution in [0.3, 0.4) is 0 Å². The molecule has 2 rings (SSSR count). The minimum absolute atomic E-state index is 0.0460. The van der Waals surface area contributed by atoms with E-state index in [4.69, 9.17) is 4.74 Å². The fourth-order valence-corrected chi connectivity index (χ4v) is 2.03. The maximum atomic E-state index is 5.83. The molecule has 1 N–H and O–H groups in total. The van der Waals surface area contributed by atoms with Gasteiger partial charge in [0.15, 0.2) is 5.72 Å². The molecule has 1 fully saturated rings. The molecule has 0 radical (unpaired) electrons. The van der Waals surface area contributed by atoms with Crippen LogP contribution in [0, 0.1) is 0 Å². The molecule has 2 heteroatoms. The lowest BCUT2D eigenvalue weighted by atomic mass is 9.99. The Bertz CT molecular complexity index is 320. The Labute approximate surface area is 85.3 Å². The van der Waals surface area contributed by atoms with Crippen molar-refractivity contribution in [1.29, 1.82) is 0 Å². The summed E-state index contributed by atoms with van der Waals surface area (Å²) in [7, 11) is 0. The average molecular weight is 191 g/mol. The summed E-state index contributed by atoms with van der Waals surface area (Å²) in [5, 5.41) is 3.42. The summed E-state index contributed by atoms with van der Waals surface area (Å²) in [5.74, 6) is 0. The lowest BCUT2D eigenvalue weighted by molar-refractivity contribution is 0.0193. The highest BCUT2D eigenvalue weighted by Crippen LogP contribution is 2.47. The Hall–Kier alpha value is -0.860. The first-order valence-electron chi connectivity index (χ1n) is 5.11. The largest absolute Gasteiger partial charge is 0.355 e. The molecular formula is C12H17NO. The van der Waals surface area contributed by atoms with Crippen LogP contribution in [0.15, 0.2) is 30.3 Å². The van der Waals surface area contributed by atoms with E-state index in [-0.39, 0.29) is 11.3 Å². The van der Waals surface area contributed by atoms with Crippen LogP contribution in [0.1, 0.15) is 26.3 Å². The van der Waals surface area contributed by atoms with E-state index < -0.39 is 0 Å². The standard InChI is InChI=1S/C12H17NO/c1-4-14-12(11(2,3)13-12)10-8-6-5-7-9-10/h5-9,13H,4H2,1-3H3. The summed E-state index contributed by atoms with van der Waals surface area (Å²) in [6, 6.07) is 10.3. The molecule has 1 aliphatic heterocycles. The van der Waals surface area contributed by atoms with Crippen LogP contribution in [0.2, 0.25) is 0 Å². The summed E-state index contributed by atoms with van der Waals surface area (Å²) >= 11 is 0. The van der Waals surface area contributed by atoms with Crippen LogP contribution in [0.25, 0.3) is 0 Å². The van der Waals surface area contributed by atoms with Gasteiger partial charge in [-0.2, -0.15) is 0 Å². The van der Waals surface area contributed by atoms with Gasteiger partial charge in [-0.15, -0.1) is 0 Å². The molecule has 1 heterocycles. The van der Waals surface area contributed by atoms with Crippen molar-refractivity contribution in [2.24, 2.45) is 0 Å². The Morgan fingerprint density at radius 1 is 1.21 bits per heavy atom. The van der Waals surface area contributed by atoms with E-state index in [1.807, 2.05) is 25.1 Å². The van der Waals surface area contributed by atoms with Crippen LogP contribution in [-0.4, -0.2) is 12.1 Å². The molecule has 0 aliphatic carbocycles. The zero-order chi connectivity index (χ0) is 10.2. The predicted octanol–water partition coefficient (Wildman–Crippen LogP) is 2.26. The normalized spacial score (nSPS) is 28.8. The molecule has 14 heavy (non-hydrogen) atoms. The smallest absolute Gasteiger partial charge is 0.163 e. The van der Waals surface area contributed by atoms with Crippen molar-refractivity contribution in [2.75, 3.05) is 6.61 Å². The second kappa shape index (κ2) is 3.07. The van der Waals surface area contributed by atoms with Crippen molar-refractivity contribution in [2.45, 2.75) is 32.0 Å². The van der Waals surface area contributed by atoms with E-state index in [0.29, 0.717) is 0 Å². The minimum Gasteiger partial charge on any atom is -0.355 e. The van der Waals surface area contributed by atoms with Crippen LogP contribution in [0.4, 0.5) is 0 Å². The second-order valence-electron chi connectivity index (χ2n) is 4.23. The van der Waals surface area contributed by atoms with E-state index in [1.54, 1.807) is 0 Å². The first-order chi connectivity index (χ1) is 6.62. The first-order valence-corrected chi connectivity index (χ1v) is 5.11. The summed E-state index contributed by atoms with van der Waals surface area (Å²) in [5.41, 5.74) is 1.000. The third-order valence-corrected chi connectivity index (χ3v) is 2.85. The molecule has 0 bridgehead atoms. The van der Waals surface area contributed by atoms with Crippen molar-refractivity contribution < 1.29 is 4.74 Å². The monoisotopic (exact) mass is 191 g/mol. The van der Waals surface area contributed by atoms with Crippen LogP contribution < -0.4 is 5.32 Å². The van der Waals surface area contributed by atoms with Crippen molar-refractivity contribution in [3.05, 3.63) is 35.9 Å². The van der Waals surface area contributed by atoms with Gasteiger partial charge in [0.25, 0.3) is 0 Å². The Balaban J connectivity index is 2.31. The zero-order valence-electron chi connectivity index (χ0n) is 9.00. The number of hydrogen-bond donors (Lipinski definition) is 1. The number of hydrogen-bond acceptors (Lipinski definition) is 2. The van der Waals surface area contributed by atoms with E-state index in [2.05, 4.69) is 31.3 Å². The summed E-state index contributed by atoms with van der Waals surface area (Å²) in [6.07, 6.45) is 0. The maximum absolute atomic E-state index is 5.83. The predicted molar refractivity (Wildman–Crippen MR) is 57.0 cm³/mol. The molecule has 0 spiro atoms. The molecule has 0 aromatic heterocycles. The van der Waals surface area contributed by atoms with Crippen molar-refractivity contribution in [3.8, 4) is 0 Å². The molecule has 0 amide bonds. The van der Waals surface area contributed by atoms with Gasteiger partial charge in [-0.1, -0.05) is 30.3 Å². The van der Waals surface area contributed by atoms with Crippen molar-refractivity contribution >= 4 is 0 Å². The van der Waals surface area contributed by atoms with E-state index in [9.17, 15) is 0 Å². The van der Waals surface area contributed by atoms with Crippen molar-refractivity contribution in [3.63, 3.8) is 0 Å². The number of ether oxygens (including phenoxy) is 1. The highest BCUT2D eigenvalue weighted by Gasteiger charge is 2.63. The molecule has 0 saturated carbocycles. The van der Waals surface area contributed by atoms with Gasteiger partial charge in [0.2, 0.25) is 0 Å². The third kappa shape index (κ3) is 1.26. The second-order valence-corrected chi connectivity index (χ2v) is 4.23. The fourth-order valence-electron chi connectivity index (χ4n) is 2.03. The highest BCUT2D eigenvalue weighted by molar-refractivity contribution is 5.34. The minimum atomic E-state index is -0.261. The van der Waals surface area contributed by atoms with Gasteiger partial charge in [-0.3, -0.25) is 5.32 Å². The summed E-state index contributed by atoms with van der Waals surface area (Å²) < 4.78 is 5.83. The zero-order valence-corrected chi connectivity index (χ0v) is 9.00. The molecule has 1 aliphatic rings. The lowest BCUT2D eigenvalue weighted by Crippen LogP contribution is -2.22. The van der Waals surface area contributed by atoms with Gasteiger partial charge in [0.1, 0.15) is 0 Å². The molecule has 1 saturated heterocycles. The first kappa shape index (κ1) is 9.69. The molecule has 2 nitrogen and oxygen atoms in total. The number of rotatable bonds is 3. The van der Waals surface area contributed by atoms with Gasteiger partial charge in [0.05, 0.1) is 5.54 Å². The topological polar surface area (TPSA) is 31.2 Å². The molecule has 1 aromatic rings. The van der Waals surface area contributed by atoms with E-state index in [0.717, 1.165) is 6.61 Å². The van der Waals surface area contributed by atoms with Gasteiger partial charge in [0, 0.05) is 12.2 Å². The molecule has 76 valence electrons. The van der Waals surface area contributed by atoms with Gasteiger partial charge >= 0.3 is 0 Å². The Morgan fingerprint density at radius 3 is 2.21 bits per heavy atom. The van der Waals surface area contributed by atoms with Gasteiger partial charge in [-0.25, -0.2) is 0 Å². The fraction of sp³-hybridized carbons (Fsp3) is 0.500. The van der Waals surface area contributed by atoms with Crippen LogP contribution >= 0.6 is 0 Å². The maximum Gasteiger partial charge on any atom is 0.163 e. The molecule has 1 atom stereocenters. The molecule has 1 unspecified atom stereocenters. The lowest BCUT2D eigenvalue weighted by Gasteiger charge is -2.18. The Morgan fingerprint density at radius 2 is 1.79 bits per heavy atom. The van der Waals surface area contributed by atoms with Gasteiger partial charge < -0.3 is 4.74 Å². The number of nitrogens with one attached hydrogen (secondary N) is 1. The SMILES string of the molecule is CCOC1(c2ccccc2)NC1(C)C. The van der Waals surface area contributed by atoms with Crippen LogP contribution in [0.5, 0.6) is 0 Å². The summed E-state index contributed by atoms with van der Waals surface area (Å²) in [4.78, 5) is 0. The van der Waals surface area contributed by atoms with Gasteiger partial charge in [-0.05, 0) is 20.8 Å².